The van der Waals surface area contributed by atoms with Gasteiger partial charge < -0.3 is 19.0 Å². The highest BCUT2D eigenvalue weighted by Crippen LogP contribution is 2.35. The predicted octanol–water partition coefficient (Wildman–Crippen LogP) is 3.42. The molecule has 7 nitrogen and oxygen atoms in total. The van der Waals surface area contributed by atoms with Crippen LogP contribution in [0.1, 0.15) is 11.1 Å². The van der Waals surface area contributed by atoms with Crippen LogP contribution in [-0.4, -0.2) is 48.1 Å². The number of furan rings is 1. The summed E-state index contributed by atoms with van der Waals surface area (Å²) >= 11 is 1.52. The Balaban J connectivity index is 1.57. The number of aromatic nitrogens is 2. The number of nitrogens with zero attached hydrogens (tertiary/aromatic N) is 5. The maximum Gasteiger partial charge on any atom is 0.232 e. The highest BCUT2D eigenvalue weighted by molar-refractivity contribution is 7.99. The van der Waals surface area contributed by atoms with Crippen LogP contribution in [0.5, 0.6) is 5.88 Å². The molecule has 0 atom stereocenters. The summed E-state index contributed by atoms with van der Waals surface area (Å²) in [5.41, 5.74) is 1.58. The maximum absolute atomic E-state index is 8.98. The average molecular weight is 407 g/mol. The molecule has 1 saturated heterocycles. The molecule has 1 aliphatic heterocycles. The highest BCUT2D eigenvalue weighted by Gasteiger charge is 2.19. The number of hydrogen-bond acceptors (Lipinski definition) is 8. The zero-order chi connectivity index (χ0) is 20.1. The first-order chi connectivity index (χ1) is 14.2. The van der Waals surface area contributed by atoms with Gasteiger partial charge in [-0.15, -0.1) is 0 Å². The molecule has 4 rings (SSSR count). The number of likely N-dealkylation sites (N-methyl/N-ethyl adjacent to an activating group) is 1. The van der Waals surface area contributed by atoms with Gasteiger partial charge in [0.1, 0.15) is 6.61 Å². The van der Waals surface area contributed by atoms with Gasteiger partial charge in [0.05, 0.1) is 35.3 Å². The third-order valence-corrected chi connectivity index (χ3v) is 5.67. The van der Waals surface area contributed by atoms with Crippen molar-refractivity contribution in [1.82, 2.24) is 14.9 Å². The summed E-state index contributed by atoms with van der Waals surface area (Å²) in [6.07, 6.45) is 5.10. The molecule has 3 heterocycles. The van der Waals surface area contributed by atoms with Gasteiger partial charge >= 0.3 is 0 Å². The van der Waals surface area contributed by atoms with E-state index in [9.17, 15) is 0 Å². The summed E-state index contributed by atoms with van der Waals surface area (Å²) in [6, 6.07) is 11.4. The molecule has 0 amide bonds. The smallest absolute Gasteiger partial charge is 0.232 e. The molecule has 1 aliphatic rings. The lowest BCUT2D eigenvalue weighted by Gasteiger charge is -2.32. The molecule has 29 heavy (non-hydrogen) atoms. The predicted molar refractivity (Wildman–Crippen MR) is 110 cm³/mol. The monoisotopic (exact) mass is 407 g/mol. The van der Waals surface area contributed by atoms with Crippen LogP contribution < -0.4 is 9.64 Å². The van der Waals surface area contributed by atoms with Gasteiger partial charge in [-0.05, 0) is 37.4 Å². The van der Waals surface area contributed by atoms with Gasteiger partial charge in [-0.1, -0.05) is 11.8 Å². The van der Waals surface area contributed by atoms with E-state index in [1.165, 1.54) is 11.8 Å². The van der Waals surface area contributed by atoms with Crippen molar-refractivity contribution >= 4 is 17.7 Å². The lowest BCUT2D eigenvalue weighted by atomic mass is 10.2. The normalized spacial score (nSPS) is 14.6. The summed E-state index contributed by atoms with van der Waals surface area (Å²) in [4.78, 5) is 15.6. The van der Waals surface area contributed by atoms with Crippen LogP contribution in [0.2, 0.25) is 0 Å². The second kappa shape index (κ2) is 8.99. The third-order valence-electron chi connectivity index (χ3n) is 4.66. The fraction of sp³-hybridized carbons (Fsp3) is 0.286. The van der Waals surface area contributed by atoms with Gasteiger partial charge in [0.25, 0.3) is 0 Å². The van der Waals surface area contributed by atoms with Crippen molar-refractivity contribution in [2.24, 2.45) is 0 Å². The molecule has 1 fully saturated rings. The lowest BCUT2D eigenvalue weighted by Crippen LogP contribution is -2.45. The fourth-order valence-electron chi connectivity index (χ4n) is 2.93. The Morgan fingerprint density at radius 2 is 1.97 bits per heavy atom. The van der Waals surface area contributed by atoms with Crippen molar-refractivity contribution in [1.29, 1.82) is 5.26 Å². The summed E-state index contributed by atoms with van der Waals surface area (Å²) in [5, 5.41) is 8.98. The van der Waals surface area contributed by atoms with E-state index in [1.54, 1.807) is 24.7 Å². The number of nitriles is 1. The van der Waals surface area contributed by atoms with Crippen LogP contribution in [0.15, 0.2) is 63.3 Å². The van der Waals surface area contributed by atoms with E-state index in [-0.39, 0.29) is 0 Å². The average Bonchev–Trinajstić information content (AvgIpc) is 3.28. The minimum atomic E-state index is 0.372. The van der Waals surface area contributed by atoms with Gasteiger partial charge in [0.15, 0.2) is 0 Å². The molecule has 0 aliphatic carbocycles. The second-order valence-electron chi connectivity index (χ2n) is 6.79. The quantitative estimate of drug-likeness (QED) is 0.615. The first-order valence-corrected chi connectivity index (χ1v) is 10.2. The Hall–Kier alpha value is -3.02. The number of piperazine rings is 1. The van der Waals surface area contributed by atoms with Crippen LogP contribution >= 0.6 is 11.8 Å². The summed E-state index contributed by atoms with van der Waals surface area (Å²) in [6.45, 7) is 4.11. The van der Waals surface area contributed by atoms with Crippen molar-refractivity contribution in [3.05, 3.63) is 60.2 Å². The summed E-state index contributed by atoms with van der Waals surface area (Å²) < 4.78 is 11.2. The minimum absolute atomic E-state index is 0.372. The summed E-state index contributed by atoms with van der Waals surface area (Å²) in [5.74, 6) is 1.23. The van der Waals surface area contributed by atoms with Crippen molar-refractivity contribution in [3.8, 4) is 11.9 Å². The Kier molecular flexibility index (Phi) is 5.98. The van der Waals surface area contributed by atoms with Crippen molar-refractivity contribution in [2.45, 2.75) is 16.4 Å². The van der Waals surface area contributed by atoms with Crippen molar-refractivity contribution in [2.75, 3.05) is 38.1 Å². The molecule has 0 radical (unpaired) electrons. The van der Waals surface area contributed by atoms with E-state index in [1.807, 2.05) is 24.4 Å². The Bertz CT molecular complexity index is 977. The van der Waals surface area contributed by atoms with Crippen LogP contribution in [0.3, 0.4) is 0 Å². The lowest BCUT2D eigenvalue weighted by molar-refractivity contribution is 0.282. The molecule has 1 aromatic carbocycles. The first kappa shape index (κ1) is 19.3. The molecule has 148 valence electrons. The largest absolute Gasteiger partial charge is 0.472 e. The van der Waals surface area contributed by atoms with E-state index >= 15 is 0 Å². The van der Waals surface area contributed by atoms with Crippen LogP contribution in [0.4, 0.5) is 5.95 Å². The maximum atomic E-state index is 8.98. The minimum Gasteiger partial charge on any atom is -0.472 e. The Morgan fingerprint density at radius 1 is 1.17 bits per heavy atom. The molecule has 0 saturated carbocycles. The van der Waals surface area contributed by atoms with Crippen LogP contribution in [0.25, 0.3) is 0 Å². The fourth-order valence-corrected chi connectivity index (χ4v) is 3.75. The van der Waals surface area contributed by atoms with Crippen LogP contribution in [0, 0.1) is 11.3 Å². The number of benzene rings is 1. The number of anilines is 1. The molecule has 8 heteroatoms. The molecule has 0 N–H and O–H groups in total. The Morgan fingerprint density at radius 3 is 2.66 bits per heavy atom. The van der Waals surface area contributed by atoms with Crippen molar-refractivity contribution < 1.29 is 9.15 Å². The van der Waals surface area contributed by atoms with Gasteiger partial charge in [-0.25, -0.2) is 4.98 Å². The number of rotatable bonds is 6. The standard InChI is InChI=1S/C21H21N5O2S/c1-25-7-9-26(10-8-25)21-23-13-19(29-18-4-2-16(12-22)3-5-18)20(24-21)28-15-17-6-11-27-14-17/h2-6,11,13-14H,7-10,15H2,1H3. The van der Waals surface area contributed by atoms with Crippen LogP contribution in [-0.2, 0) is 6.61 Å². The molecule has 0 spiro atoms. The van der Waals surface area contributed by atoms with Gasteiger partial charge in [-0.2, -0.15) is 10.2 Å². The topological polar surface area (TPSA) is 78.4 Å². The van der Waals surface area contributed by atoms with E-state index in [2.05, 4.69) is 27.9 Å². The first-order valence-electron chi connectivity index (χ1n) is 9.34. The van der Waals surface area contributed by atoms with E-state index in [0.717, 1.165) is 41.5 Å². The molecule has 0 unspecified atom stereocenters. The summed E-state index contributed by atoms with van der Waals surface area (Å²) in [7, 11) is 2.12. The highest BCUT2D eigenvalue weighted by atomic mass is 32.2. The molecular weight excluding hydrogens is 386 g/mol. The molecular formula is C21H21N5O2S. The number of ether oxygens (including phenoxy) is 1. The SMILES string of the molecule is CN1CCN(c2ncc(Sc3ccc(C#N)cc3)c(OCc3ccoc3)n2)CC1. The Labute approximate surface area is 173 Å². The van der Waals surface area contributed by atoms with E-state index < -0.39 is 0 Å². The number of hydrogen-bond donors (Lipinski definition) is 0. The second-order valence-corrected chi connectivity index (χ2v) is 7.90. The third kappa shape index (κ3) is 4.88. The van der Waals surface area contributed by atoms with Crippen molar-refractivity contribution in [3.63, 3.8) is 0 Å². The zero-order valence-electron chi connectivity index (χ0n) is 16.1. The zero-order valence-corrected chi connectivity index (χ0v) is 16.9. The van der Waals surface area contributed by atoms with E-state index in [4.69, 9.17) is 19.4 Å². The van der Waals surface area contributed by atoms with E-state index in [0.29, 0.717) is 24.0 Å². The van der Waals surface area contributed by atoms with Gasteiger partial charge in [-0.3, -0.25) is 0 Å². The molecule has 3 aromatic rings. The van der Waals surface area contributed by atoms with Gasteiger partial charge in [0, 0.05) is 36.6 Å². The molecule has 0 bridgehead atoms. The molecule has 2 aromatic heterocycles. The van der Waals surface area contributed by atoms with Gasteiger partial charge in [0.2, 0.25) is 11.8 Å².